The predicted octanol–water partition coefficient (Wildman–Crippen LogP) is 3.27. The first kappa shape index (κ1) is 7.86. The number of piperidine rings is 1. The van der Waals surface area contributed by atoms with E-state index >= 15 is 0 Å². The van der Waals surface area contributed by atoms with Crippen LogP contribution in [0.25, 0.3) is 0 Å². The highest BCUT2D eigenvalue weighted by Crippen LogP contribution is 2.40. The van der Waals surface area contributed by atoms with E-state index in [4.69, 9.17) is 0 Å². The molecule has 2 heteroatoms. The number of nitrogens with zero attached hydrogens (tertiary/aromatic N) is 1. The summed E-state index contributed by atoms with van der Waals surface area (Å²) in [6, 6.07) is 6.20. The van der Waals surface area contributed by atoms with Crippen molar-refractivity contribution in [3.8, 4) is 0 Å². The third kappa shape index (κ3) is 1.19. The lowest BCUT2D eigenvalue weighted by molar-refractivity contribution is 0.471. The highest BCUT2D eigenvalue weighted by molar-refractivity contribution is 7.14. The Morgan fingerprint density at radius 3 is 2.54 bits per heavy atom. The van der Waals surface area contributed by atoms with E-state index in [1.165, 1.54) is 37.1 Å². The molecule has 1 nitrogen and oxygen atoms in total. The predicted molar refractivity (Wildman–Crippen MR) is 57.5 cm³/mol. The molecule has 2 fully saturated rings. The second kappa shape index (κ2) is 3.02. The Labute approximate surface area is 83.4 Å². The van der Waals surface area contributed by atoms with Crippen LogP contribution in [0, 0.1) is 0 Å². The van der Waals surface area contributed by atoms with Crippen molar-refractivity contribution in [3.63, 3.8) is 0 Å². The molecule has 13 heavy (non-hydrogen) atoms. The minimum absolute atomic E-state index is 0.873. The van der Waals surface area contributed by atoms with Crippen LogP contribution in [0.4, 0.5) is 5.00 Å². The quantitative estimate of drug-likeness (QED) is 0.661. The lowest BCUT2D eigenvalue weighted by Gasteiger charge is -2.35. The van der Waals surface area contributed by atoms with Crippen molar-refractivity contribution in [1.29, 1.82) is 0 Å². The van der Waals surface area contributed by atoms with E-state index in [2.05, 4.69) is 22.4 Å². The maximum atomic E-state index is 2.69. The smallest absolute Gasteiger partial charge is 0.0913 e. The Morgan fingerprint density at radius 1 is 1.15 bits per heavy atom. The summed E-state index contributed by atoms with van der Waals surface area (Å²) in [5.74, 6) is 0. The molecule has 2 aliphatic heterocycles. The number of fused-ring (bicyclic) bond motifs is 2. The third-order valence-corrected chi connectivity index (χ3v) is 4.34. The van der Waals surface area contributed by atoms with Crippen molar-refractivity contribution in [1.82, 2.24) is 0 Å². The van der Waals surface area contributed by atoms with Gasteiger partial charge in [0.05, 0.1) is 5.00 Å². The Kier molecular flexibility index (Phi) is 1.82. The van der Waals surface area contributed by atoms with E-state index in [-0.39, 0.29) is 0 Å². The number of rotatable bonds is 1. The number of hydrogen-bond acceptors (Lipinski definition) is 2. The second-order valence-electron chi connectivity index (χ2n) is 4.17. The Bertz CT molecular complexity index is 264. The van der Waals surface area contributed by atoms with Gasteiger partial charge in [0.1, 0.15) is 0 Å². The monoisotopic (exact) mass is 193 g/mol. The first-order chi connectivity index (χ1) is 6.45. The van der Waals surface area contributed by atoms with Gasteiger partial charge in [-0.1, -0.05) is 0 Å². The van der Waals surface area contributed by atoms with Crippen molar-refractivity contribution < 1.29 is 0 Å². The topological polar surface area (TPSA) is 3.24 Å². The van der Waals surface area contributed by atoms with Gasteiger partial charge < -0.3 is 4.90 Å². The van der Waals surface area contributed by atoms with E-state index < -0.39 is 0 Å². The number of thiophene rings is 1. The minimum Gasteiger partial charge on any atom is -0.357 e. The van der Waals surface area contributed by atoms with Crippen molar-refractivity contribution in [2.24, 2.45) is 0 Å². The fraction of sp³-hybridized carbons (Fsp3) is 0.636. The van der Waals surface area contributed by atoms with Gasteiger partial charge in [-0.2, -0.15) is 0 Å². The molecule has 0 spiro atoms. The third-order valence-electron chi connectivity index (χ3n) is 3.46. The molecule has 0 amide bonds. The molecular weight excluding hydrogens is 178 g/mol. The number of hydrogen-bond donors (Lipinski definition) is 0. The van der Waals surface area contributed by atoms with Gasteiger partial charge in [0.25, 0.3) is 0 Å². The maximum absolute atomic E-state index is 2.69. The standard InChI is InChI=1S/C11H15NS/c1-3-9-6-7-10(4-1)12(9)11-5-2-8-13-11/h2,5,8-10H,1,3-4,6-7H2. The molecule has 0 radical (unpaired) electrons. The summed E-state index contributed by atoms with van der Waals surface area (Å²) in [6.45, 7) is 0. The molecule has 0 saturated carbocycles. The molecule has 0 N–H and O–H groups in total. The molecule has 2 bridgehead atoms. The normalized spacial score (nSPS) is 32.5. The SMILES string of the molecule is c1csc(N2C3CCCC2CC3)c1. The molecule has 2 atom stereocenters. The zero-order valence-corrected chi connectivity index (χ0v) is 8.59. The molecule has 2 unspecified atom stereocenters. The Balaban J connectivity index is 1.91. The average Bonchev–Trinajstić information content (AvgIpc) is 2.72. The van der Waals surface area contributed by atoms with Gasteiger partial charge >= 0.3 is 0 Å². The minimum atomic E-state index is 0.873. The Hall–Kier alpha value is -0.500. The van der Waals surface area contributed by atoms with Crippen LogP contribution in [0.5, 0.6) is 0 Å². The molecule has 1 aromatic rings. The first-order valence-corrected chi connectivity index (χ1v) is 6.15. The van der Waals surface area contributed by atoms with Gasteiger partial charge in [-0.15, -0.1) is 11.3 Å². The summed E-state index contributed by atoms with van der Waals surface area (Å²) in [5.41, 5.74) is 0. The van der Waals surface area contributed by atoms with E-state index in [1.807, 2.05) is 11.3 Å². The molecular formula is C11H15NS. The van der Waals surface area contributed by atoms with Gasteiger partial charge in [0, 0.05) is 12.1 Å². The molecule has 3 rings (SSSR count). The summed E-state index contributed by atoms with van der Waals surface area (Å²) in [4.78, 5) is 2.69. The highest BCUT2D eigenvalue weighted by atomic mass is 32.1. The van der Waals surface area contributed by atoms with Crippen LogP contribution in [0.1, 0.15) is 32.1 Å². The Morgan fingerprint density at radius 2 is 1.92 bits per heavy atom. The van der Waals surface area contributed by atoms with Gasteiger partial charge in [0.15, 0.2) is 0 Å². The summed E-state index contributed by atoms with van der Waals surface area (Å²) in [5, 5.41) is 3.70. The lowest BCUT2D eigenvalue weighted by atomic mass is 10.0. The van der Waals surface area contributed by atoms with Crippen LogP contribution in [-0.4, -0.2) is 12.1 Å². The van der Waals surface area contributed by atoms with Crippen LogP contribution < -0.4 is 4.90 Å². The van der Waals surface area contributed by atoms with Crippen molar-refractivity contribution >= 4 is 16.3 Å². The summed E-state index contributed by atoms with van der Waals surface area (Å²) in [7, 11) is 0. The van der Waals surface area contributed by atoms with Crippen molar-refractivity contribution in [3.05, 3.63) is 17.5 Å². The van der Waals surface area contributed by atoms with Crippen LogP contribution in [-0.2, 0) is 0 Å². The molecule has 0 aliphatic carbocycles. The largest absolute Gasteiger partial charge is 0.357 e. The lowest BCUT2D eigenvalue weighted by Crippen LogP contribution is -2.39. The highest BCUT2D eigenvalue weighted by Gasteiger charge is 2.36. The van der Waals surface area contributed by atoms with Gasteiger partial charge in [-0.3, -0.25) is 0 Å². The number of anilines is 1. The first-order valence-electron chi connectivity index (χ1n) is 5.27. The zero-order chi connectivity index (χ0) is 8.67. The van der Waals surface area contributed by atoms with Crippen LogP contribution in [0.15, 0.2) is 17.5 Å². The molecule has 0 aromatic carbocycles. The van der Waals surface area contributed by atoms with Crippen molar-refractivity contribution in [2.75, 3.05) is 4.90 Å². The van der Waals surface area contributed by atoms with Gasteiger partial charge in [0.2, 0.25) is 0 Å². The van der Waals surface area contributed by atoms with Gasteiger partial charge in [-0.25, -0.2) is 0 Å². The van der Waals surface area contributed by atoms with E-state index in [1.54, 1.807) is 0 Å². The molecule has 70 valence electrons. The average molecular weight is 193 g/mol. The second-order valence-corrected chi connectivity index (χ2v) is 5.10. The fourth-order valence-corrected chi connectivity index (χ4v) is 3.77. The molecule has 1 aromatic heterocycles. The molecule has 2 saturated heterocycles. The van der Waals surface area contributed by atoms with Crippen molar-refractivity contribution in [2.45, 2.75) is 44.2 Å². The molecule has 3 heterocycles. The summed E-state index contributed by atoms with van der Waals surface area (Å²) < 4.78 is 0. The molecule has 2 aliphatic rings. The zero-order valence-electron chi connectivity index (χ0n) is 7.78. The van der Waals surface area contributed by atoms with Crippen LogP contribution in [0.3, 0.4) is 0 Å². The van der Waals surface area contributed by atoms with E-state index in [0.29, 0.717) is 0 Å². The van der Waals surface area contributed by atoms with Crippen LogP contribution >= 0.6 is 11.3 Å². The van der Waals surface area contributed by atoms with E-state index in [9.17, 15) is 0 Å². The van der Waals surface area contributed by atoms with Crippen LogP contribution in [0.2, 0.25) is 0 Å². The van der Waals surface area contributed by atoms with E-state index in [0.717, 1.165) is 12.1 Å². The summed E-state index contributed by atoms with van der Waals surface area (Å²) >= 11 is 1.90. The van der Waals surface area contributed by atoms with Gasteiger partial charge in [-0.05, 0) is 49.6 Å². The summed E-state index contributed by atoms with van der Waals surface area (Å²) in [6.07, 6.45) is 7.17. The maximum Gasteiger partial charge on any atom is 0.0913 e. The fourth-order valence-electron chi connectivity index (χ4n) is 2.89.